The summed E-state index contributed by atoms with van der Waals surface area (Å²) < 4.78 is 0. The predicted molar refractivity (Wildman–Crippen MR) is 101 cm³/mol. The molecule has 0 aromatic heterocycles. The van der Waals surface area contributed by atoms with Crippen LogP contribution in [0.25, 0.3) is 0 Å². The Morgan fingerprint density at radius 2 is 1.59 bits per heavy atom. The van der Waals surface area contributed by atoms with Gasteiger partial charge in [0, 0.05) is 51.5 Å². The van der Waals surface area contributed by atoms with Gasteiger partial charge >= 0.3 is 5.97 Å². The Hall–Kier alpha value is -2.53. The summed E-state index contributed by atoms with van der Waals surface area (Å²) in [6.45, 7) is 3.72. The van der Waals surface area contributed by atoms with E-state index in [1.54, 1.807) is 0 Å². The molecule has 2 heterocycles. The summed E-state index contributed by atoms with van der Waals surface area (Å²) in [6, 6.07) is 0.119. The number of hydrogen-bond donors (Lipinski definition) is 2. The lowest BCUT2D eigenvalue weighted by Gasteiger charge is -2.41. The van der Waals surface area contributed by atoms with Gasteiger partial charge in [-0.15, -0.1) is 5.06 Å². The Labute approximate surface area is 169 Å². The van der Waals surface area contributed by atoms with Gasteiger partial charge in [-0.1, -0.05) is 0 Å². The second kappa shape index (κ2) is 10.3. The first kappa shape index (κ1) is 22.8. The highest BCUT2D eigenvalue weighted by atomic mass is 16.8. The van der Waals surface area contributed by atoms with Gasteiger partial charge in [-0.2, -0.15) is 0 Å². The average molecular weight is 420 g/mol. The molecule has 2 atom stereocenters. The van der Waals surface area contributed by atoms with Crippen LogP contribution in [0.4, 0.5) is 0 Å². The van der Waals surface area contributed by atoms with E-state index in [9.17, 15) is 24.0 Å². The van der Waals surface area contributed by atoms with Crippen LogP contribution in [0.5, 0.6) is 0 Å². The monoisotopic (exact) mass is 420 g/mol. The summed E-state index contributed by atoms with van der Waals surface area (Å²) in [7, 11) is 3.88. The fraction of sp³-hybridized carbons (Fsp3) is 0.722. The molecular weight excluding hydrogens is 391 g/mol. The van der Waals surface area contributed by atoms with Gasteiger partial charge in [-0.3, -0.25) is 24.1 Å². The third kappa shape index (κ3) is 6.50. The number of nitrogens with zero attached hydrogens (tertiary/aromatic N) is 3. The third-order valence-electron chi connectivity index (χ3n) is 5.10. The molecule has 0 bridgehead atoms. The highest BCUT2D eigenvalue weighted by molar-refractivity contribution is 6.01. The van der Waals surface area contributed by atoms with E-state index >= 15 is 0 Å². The van der Waals surface area contributed by atoms with Crippen molar-refractivity contribution in [2.24, 2.45) is 0 Å². The molecule has 0 aliphatic carbocycles. The van der Waals surface area contributed by atoms with Gasteiger partial charge in [-0.25, -0.2) is 4.79 Å². The Bertz CT molecular complexity index is 653. The van der Waals surface area contributed by atoms with Gasteiger partial charge in [0.1, 0.15) is 6.04 Å². The molecule has 162 valence electrons. The summed E-state index contributed by atoms with van der Waals surface area (Å²) >= 11 is 0. The van der Waals surface area contributed by atoms with Crippen LogP contribution >= 0.6 is 0 Å². The summed E-state index contributed by atoms with van der Waals surface area (Å²) in [5.41, 5.74) is 0. The zero-order valence-electron chi connectivity index (χ0n) is 17.1. The molecule has 0 saturated carbocycles. The van der Waals surface area contributed by atoms with Crippen molar-refractivity contribution in [2.45, 2.75) is 44.7 Å². The summed E-state index contributed by atoms with van der Waals surface area (Å²) in [5.74, 6) is -2.32. The average Bonchev–Trinajstić information content (AvgIpc) is 2.96. The molecule has 0 spiro atoms. The molecule has 2 unspecified atom stereocenters. The molecule has 2 rings (SSSR count). The van der Waals surface area contributed by atoms with E-state index in [0.717, 1.165) is 6.54 Å². The van der Waals surface area contributed by atoms with Crippen molar-refractivity contribution in [3.05, 3.63) is 0 Å². The second-order valence-electron chi connectivity index (χ2n) is 7.43. The fourth-order valence-corrected chi connectivity index (χ4v) is 3.17. The molecule has 2 aliphatic heterocycles. The van der Waals surface area contributed by atoms with Crippen LogP contribution in [-0.4, -0.2) is 96.8 Å². The Morgan fingerprint density at radius 1 is 0.966 bits per heavy atom. The van der Waals surface area contributed by atoms with Crippen LogP contribution in [-0.2, 0) is 28.8 Å². The van der Waals surface area contributed by atoms with E-state index < -0.39 is 17.8 Å². The SMILES string of the molecule is [13CH3][13CH]1[13CH2][15N]([13CH3])C(C(=O)NCCC(=O)[15NH]CC[13C](=O)ON2C(=O)CCC2=O)C[15N]1[13CH3]. The molecule has 2 saturated heterocycles. The van der Waals surface area contributed by atoms with Crippen molar-refractivity contribution in [3.8, 4) is 0 Å². The van der Waals surface area contributed by atoms with Crippen molar-refractivity contribution >= 4 is 29.6 Å². The molecule has 2 aliphatic rings. The first-order valence-electron chi connectivity index (χ1n) is 9.70. The number of piperazine rings is 1. The van der Waals surface area contributed by atoms with Crippen molar-refractivity contribution in [3.63, 3.8) is 0 Å². The number of imide groups is 1. The molecule has 0 aromatic rings. The van der Waals surface area contributed by atoms with Crippen molar-refractivity contribution in [1.29, 1.82) is 0 Å². The molecule has 11 nitrogen and oxygen atoms in total. The molecule has 4 amide bonds. The molecule has 2 fully saturated rings. The quantitative estimate of drug-likeness (QED) is 0.269. The number of nitrogens with one attached hydrogen (secondary N) is 2. The molecule has 2 N–H and O–H groups in total. The van der Waals surface area contributed by atoms with Gasteiger partial charge in [0.25, 0.3) is 11.8 Å². The van der Waals surface area contributed by atoms with E-state index in [1.807, 2.05) is 19.0 Å². The van der Waals surface area contributed by atoms with Crippen molar-refractivity contribution in [2.75, 3.05) is 40.3 Å². The molecule has 29 heavy (non-hydrogen) atoms. The van der Waals surface area contributed by atoms with Crippen LogP contribution in [0.1, 0.15) is 32.6 Å². The second-order valence-corrected chi connectivity index (χ2v) is 7.43. The first-order chi connectivity index (χ1) is 13.7. The Morgan fingerprint density at radius 3 is 2.24 bits per heavy atom. The Kier molecular flexibility index (Phi) is 8.09. The number of carbonyl (C=O) groups is 5. The van der Waals surface area contributed by atoms with Crippen molar-refractivity contribution < 1.29 is 28.8 Å². The van der Waals surface area contributed by atoms with Gasteiger partial charge in [0.05, 0.1) is 6.42 Å². The van der Waals surface area contributed by atoms with E-state index in [-0.39, 0.29) is 56.6 Å². The third-order valence-corrected chi connectivity index (χ3v) is 5.10. The standard InChI is InChI=1S/C18H29N5O6/c1-12-10-22(3)13(11-21(12)2)18(28)20-8-6-14(24)19-9-7-17(27)29-23-15(25)4-5-16(23)26/h12-13H,4-11H2,1-3H3,(H,19,24)(H,20,28)/i1+1,2+1,3+1,10+1,12+1,17+1,19+1,21+1,22+1. The van der Waals surface area contributed by atoms with Gasteiger partial charge in [0.2, 0.25) is 11.8 Å². The maximum atomic E-state index is 12.3. The van der Waals surface area contributed by atoms with Crippen LogP contribution in [0.2, 0.25) is 0 Å². The van der Waals surface area contributed by atoms with E-state index in [2.05, 4.69) is 22.5 Å². The van der Waals surface area contributed by atoms with Crippen molar-refractivity contribution in [1.82, 2.24) is 25.5 Å². The zero-order valence-corrected chi connectivity index (χ0v) is 17.1. The smallest absolute Gasteiger partial charge is 0.334 e. The highest BCUT2D eigenvalue weighted by Gasteiger charge is 2.33. The van der Waals surface area contributed by atoms with E-state index in [4.69, 9.17) is 4.84 Å². The Balaban J connectivity index is 1.60. The van der Waals surface area contributed by atoms with Gasteiger partial charge < -0.3 is 20.4 Å². The lowest BCUT2D eigenvalue weighted by atomic mass is 10.3. The minimum absolute atomic E-state index is 0.00980. The lowest BCUT2D eigenvalue weighted by Crippen LogP contribution is -2.59. The number of hydroxylamine groups is 2. The maximum absolute atomic E-state index is 12.3. The minimum Gasteiger partial charge on any atom is -0.355 e. The molecular formula is C18H29N5O6. The molecule has 11 heteroatoms. The fourth-order valence-electron chi connectivity index (χ4n) is 3.17. The molecule has 0 radical (unpaired) electrons. The first-order valence-corrected chi connectivity index (χ1v) is 9.70. The summed E-state index contributed by atoms with van der Waals surface area (Å²) in [4.78, 5) is 67.4. The summed E-state index contributed by atoms with van der Waals surface area (Å²) in [6.07, 6.45) is -0.0415. The number of rotatable bonds is 8. The zero-order chi connectivity index (χ0) is 21.6. The summed E-state index contributed by atoms with van der Waals surface area (Å²) in [5, 5.41) is 5.77. The highest BCUT2D eigenvalue weighted by Crippen LogP contribution is 2.13. The maximum Gasteiger partial charge on any atom is 0.334 e. The molecule has 0 aromatic carbocycles. The van der Waals surface area contributed by atoms with E-state index in [0.29, 0.717) is 17.6 Å². The number of amides is 4. The van der Waals surface area contributed by atoms with Crippen LogP contribution in [0.15, 0.2) is 0 Å². The number of likely N-dealkylation sites (N-methyl/N-ethyl adjacent to an activating group) is 2. The normalized spacial score (nSPS) is 23.2. The largest absolute Gasteiger partial charge is 0.355 e. The van der Waals surface area contributed by atoms with Crippen LogP contribution < -0.4 is 10.6 Å². The van der Waals surface area contributed by atoms with E-state index in [1.165, 1.54) is 0 Å². The van der Waals surface area contributed by atoms with Gasteiger partial charge in [-0.05, 0) is 21.0 Å². The van der Waals surface area contributed by atoms with Crippen LogP contribution in [0.3, 0.4) is 0 Å². The number of hydrogen-bond acceptors (Lipinski definition) is 8. The lowest BCUT2D eigenvalue weighted by molar-refractivity contribution is -0.197. The topological polar surface area (TPSA) is 128 Å². The minimum atomic E-state index is -0.777. The predicted octanol–water partition coefficient (Wildman–Crippen LogP) is -1.76. The van der Waals surface area contributed by atoms with Gasteiger partial charge in [0.15, 0.2) is 0 Å². The van der Waals surface area contributed by atoms with Crippen LogP contribution in [0, 0.1) is 0 Å². The number of carbonyl (C=O) groups excluding carboxylic acids is 5.